The summed E-state index contributed by atoms with van der Waals surface area (Å²) in [5.74, 6) is 0.418. The second kappa shape index (κ2) is 9.74. The summed E-state index contributed by atoms with van der Waals surface area (Å²) in [6.07, 6.45) is 6.03. The molecular formula is C34H36FN5O3. The molecule has 8 nitrogen and oxygen atoms in total. The van der Waals surface area contributed by atoms with E-state index >= 15 is 4.39 Å². The van der Waals surface area contributed by atoms with Crippen molar-refractivity contribution in [2.75, 3.05) is 44.3 Å². The number of hydrogen-bond donors (Lipinski definition) is 2. The van der Waals surface area contributed by atoms with E-state index in [4.69, 9.17) is 19.4 Å². The first-order chi connectivity index (χ1) is 21.0. The maximum absolute atomic E-state index is 16.7. The highest BCUT2D eigenvalue weighted by atomic mass is 19.1. The van der Waals surface area contributed by atoms with Crippen LogP contribution in [0.4, 0.5) is 10.2 Å². The number of phenols is 1. The molecule has 1 saturated carbocycles. The molecule has 4 bridgehead atoms. The Balaban J connectivity index is 1.10. The third kappa shape index (κ3) is 4.51. The van der Waals surface area contributed by atoms with E-state index in [0.717, 1.165) is 81.5 Å². The summed E-state index contributed by atoms with van der Waals surface area (Å²) < 4.78 is 28.9. The molecule has 4 saturated heterocycles. The number of likely N-dealkylation sites (tertiary alicyclic amines) is 1. The number of morpholine rings is 1. The summed E-state index contributed by atoms with van der Waals surface area (Å²) in [6.45, 7) is 5.02. The minimum Gasteiger partial charge on any atom is -0.508 e. The minimum atomic E-state index is -0.422. The van der Waals surface area contributed by atoms with Crippen molar-refractivity contribution in [1.82, 2.24) is 20.2 Å². The van der Waals surface area contributed by atoms with Crippen LogP contribution in [0.25, 0.3) is 32.8 Å². The molecule has 222 valence electrons. The molecule has 43 heavy (non-hydrogen) atoms. The number of aromatic hydroxyl groups is 1. The molecule has 1 aliphatic carbocycles. The number of ether oxygens (including phenoxy) is 2. The lowest BCUT2D eigenvalue weighted by molar-refractivity contribution is 0.0176. The quantitative estimate of drug-likeness (QED) is 0.320. The van der Waals surface area contributed by atoms with Crippen LogP contribution >= 0.6 is 0 Å². The van der Waals surface area contributed by atoms with E-state index in [1.165, 1.54) is 0 Å². The summed E-state index contributed by atoms with van der Waals surface area (Å²) >= 11 is 0. The zero-order chi connectivity index (χ0) is 28.7. The van der Waals surface area contributed by atoms with Gasteiger partial charge in [0.15, 0.2) is 5.82 Å². The van der Waals surface area contributed by atoms with Gasteiger partial charge in [-0.2, -0.15) is 9.97 Å². The maximum Gasteiger partial charge on any atom is 0.319 e. The second-order valence-corrected chi connectivity index (χ2v) is 13.5. The molecule has 0 amide bonds. The molecule has 4 atom stereocenters. The minimum absolute atomic E-state index is 0.0952. The van der Waals surface area contributed by atoms with Crippen molar-refractivity contribution in [2.24, 2.45) is 5.41 Å². The molecule has 4 aliphatic heterocycles. The fourth-order valence-corrected chi connectivity index (χ4v) is 7.97. The molecule has 5 aliphatic rings. The number of benzene rings is 3. The normalized spacial score (nSPS) is 27.4. The predicted molar refractivity (Wildman–Crippen MR) is 163 cm³/mol. The Morgan fingerprint density at radius 2 is 1.84 bits per heavy atom. The lowest BCUT2D eigenvalue weighted by atomic mass is 9.96. The highest BCUT2D eigenvalue weighted by molar-refractivity contribution is 6.01. The van der Waals surface area contributed by atoms with E-state index in [9.17, 15) is 5.11 Å². The molecule has 4 aromatic rings. The van der Waals surface area contributed by atoms with E-state index in [2.05, 4.69) is 15.1 Å². The van der Waals surface area contributed by atoms with E-state index < -0.39 is 5.82 Å². The molecule has 1 aromatic heterocycles. The molecule has 0 radical (unpaired) electrons. The fraction of sp³-hybridized carbons (Fsp3) is 0.471. The number of hydrogen-bond acceptors (Lipinski definition) is 8. The van der Waals surface area contributed by atoms with Crippen molar-refractivity contribution in [1.29, 1.82) is 0 Å². The summed E-state index contributed by atoms with van der Waals surface area (Å²) in [4.78, 5) is 14.5. The van der Waals surface area contributed by atoms with Crippen LogP contribution in [0.5, 0.6) is 11.8 Å². The SMILES string of the molecule is Oc1cc(-c2ccc3c(N4CC5CCC(C4)N5)nc(OCC4(CN5CC6CC5CO6)CC4)nc3c2F)c2ccccc2c1. The molecule has 9 rings (SSSR count). The van der Waals surface area contributed by atoms with Gasteiger partial charge in [-0.05, 0) is 66.6 Å². The molecular weight excluding hydrogens is 545 g/mol. The smallest absolute Gasteiger partial charge is 0.319 e. The highest BCUT2D eigenvalue weighted by Crippen LogP contribution is 2.48. The van der Waals surface area contributed by atoms with Crippen molar-refractivity contribution < 1.29 is 19.0 Å². The summed E-state index contributed by atoms with van der Waals surface area (Å²) in [7, 11) is 0. The Kier molecular flexibility index (Phi) is 5.87. The van der Waals surface area contributed by atoms with Crippen LogP contribution in [0.2, 0.25) is 0 Å². The predicted octanol–water partition coefficient (Wildman–Crippen LogP) is 4.87. The molecule has 4 unspecified atom stereocenters. The Bertz CT molecular complexity index is 1730. The molecule has 2 N–H and O–H groups in total. The number of aromatic nitrogens is 2. The first kappa shape index (κ1) is 25.9. The summed E-state index contributed by atoms with van der Waals surface area (Å²) in [5.41, 5.74) is 1.40. The third-order valence-corrected chi connectivity index (χ3v) is 10.4. The van der Waals surface area contributed by atoms with E-state index in [-0.39, 0.29) is 22.7 Å². The summed E-state index contributed by atoms with van der Waals surface area (Å²) in [6, 6.07) is 16.4. The lowest BCUT2D eigenvalue weighted by Gasteiger charge is -2.34. The van der Waals surface area contributed by atoms with Crippen LogP contribution in [-0.4, -0.2) is 83.6 Å². The highest BCUT2D eigenvalue weighted by Gasteiger charge is 2.49. The van der Waals surface area contributed by atoms with Gasteiger partial charge in [-0.3, -0.25) is 4.90 Å². The standard InChI is InChI=1S/C34H36FN5O3/c35-30-27(29-13-24(41)11-20-3-1-2-4-26(20)29)7-8-28-31(30)37-33(38-32(28)39-14-21-5-6-22(15-39)36-21)43-19-34(9-10-34)18-40-16-25-12-23(40)17-42-25/h1-4,7-8,11,13,21-23,25,36,41H,5-6,9-10,12,14-19H2. The van der Waals surface area contributed by atoms with E-state index in [0.29, 0.717) is 47.3 Å². The molecule has 5 heterocycles. The van der Waals surface area contributed by atoms with Gasteiger partial charge in [-0.1, -0.05) is 30.3 Å². The van der Waals surface area contributed by atoms with Crippen LogP contribution in [0.15, 0.2) is 48.5 Å². The van der Waals surface area contributed by atoms with Gasteiger partial charge >= 0.3 is 6.01 Å². The van der Waals surface area contributed by atoms with Gasteiger partial charge in [-0.25, -0.2) is 4.39 Å². The molecule has 9 heteroatoms. The number of nitrogens with one attached hydrogen (secondary N) is 1. The largest absolute Gasteiger partial charge is 0.508 e. The van der Waals surface area contributed by atoms with Gasteiger partial charge in [0.25, 0.3) is 0 Å². The average Bonchev–Trinajstić information content (AvgIpc) is 3.28. The third-order valence-electron chi connectivity index (χ3n) is 10.4. The van der Waals surface area contributed by atoms with Crippen molar-refractivity contribution in [3.05, 3.63) is 54.3 Å². The Hall–Kier alpha value is -3.53. The van der Waals surface area contributed by atoms with E-state index in [1.807, 2.05) is 30.3 Å². The number of halogens is 1. The van der Waals surface area contributed by atoms with Crippen LogP contribution in [0.3, 0.4) is 0 Å². The number of anilines is 1. The van der Waals surface area contributed by atoms with Crippen molar-refractivity contribution in [2.45, 2.75) is 56.3 Å². The fourth-order valence-electron chi connectivity index (χ4n) is 7.97. The number of rotatable bonds is 7. The number of phenolic OH excluding ortho intramolecular Hbond substituents is 1. The molecule has 5 fully saturated rings. The van der Waals surface area contributed by atoms with Crippen LogP contribution < -0.4 is 15.0 Å². The second-order valence-electron chi connectivity index (χ2n) is 13.5. The number of nitrogens with zero attached hydrogens (tertiary/aromatic N) is 4. The topological polar surface area (TPSA) is 83.0 Å². The van der Waals surface area contributed by atoms with Gasteiger partial charge < -0.3 is 24.8 Å². The number of piperazine rings is 1. The van der Waals surface area contributed by atoms with Crippen molar-refractivity contribution in [3.8, 4) is 22.9 Å². The van der Waals surface area contributed by atoms with Crippen LogP contribution in [-0.2, 0) is 4.74 Å². The van der Waals surface area contributed by atoms with Gasteiger partial charge in [0.1, 0.15) is 17.1 Å². The van der Waals surface area contributed by atoms with Crippen molar-refractivity contribution in [3.63, 3.8) is 0 Å². The van der Waals surface area contributed by atoms with Crippen LogP contribution in [0, 0.1) is 11.2 Å². The Morgan fingerprint density at radius 1 is 1.00 bits per heavy atom. The van der Waals surface area contributed by atoms with E-state index in [1.54, 1.807) is 18.2 Å². The zero-order valence-electron chi connectivity index (χ0n) is 24.1. The van der Waals surface area contributed by atoms with Gasteiger partial charge in [0.2, 0.25) is 0 Å². The molecule has 3 aromatic carbocycles. The van der Waals surface area contributed by atoms with Crippen LogP contribution in [0.1, 0.15) is 32.1 Å². The van der Waals surface area contributed by atoms with Gasteiger partial charge in [-0.15, -0.1) is 0 Å². The average molecular weight is 582 g/mol. The Morgan fingerprint density at radius 3 is 2.60 bits per heavy atom. The lowest BCUT2D eigenvalue weighted by Crippen LogP contribution is -2.51. The first-order valence-corrected chi connectivity index (χ1v) is 15.7. The number of fused-ring (bicyclic) bond motifs is 6. The maximum atomic E-state index is 16.7. The zero-order valence-corrected chi connectivity index (χ0v) is 24.1. The van der Waals surface area contributed by atoms with Gasteiger partial charge in [0, 0.05) is 60.7 Å². The Labute approximate surface area is 249 Å². The monoisotopic (exact) mass is 581 g/mol. The van der Waals surface area contributed by atoms with Gasteiger partial charge in [0.05, 0.1) is 19.3 Å². The van der Waals surface area contributed by atoms with Crippen molar-refractivity contribution >= 4 is 27.5 Å². The molecule has 0 spiro atoms. The first-order valence-electron chi connectivity index (χ1n) is 15.7. The summed E-state index contributed by atoms with van der Waals surface area (Å²) in [5, 5.41) is 16.6.